The Labute approximate surface area is 196 Å². The number of aromatic amines is 1. The SMILES string of the molecule is O=C1CSc2ccc(N3C[C@H](CCCn4c(=O)[nH]c5c(Cl)cccc5c4=O)OC3=O)cc2N1. The monoisotopic (exact) mass is 486 g/mol. The summed E-state index contributed by atoms with van der Waals surface area (Å²) in [4.78, 5) is 54.3. The molecular weight excluding hydrogens is 468 g/mol. The third-order valence-corrected chi connectivity index (χ3v) is 7.04. The number of para-hydroxylation sites is 1. The lowest BCUT2D eigenvalue weighted by Gasteiger charge is -2.20. The van der Waals surface area contributed by atoms with Crippen molar-refractivity contribution in [1.29, 1.82) is 0 Å². The zero-order valence-electron chi connectivity index (χ0n) is 17.3. The van der Waals surface area contributed by atoms with Crippen LogP contribution in [0.25, 0.3) is 10.9 Å². The molecule has 33 heavy (non-hydrogen) atoms. The molecule has 2 amide bonds. The lowest BCUT2D eigenvalue weighted by Crippen LogP contribution is -2.35. The van der Waals surface area contributed by atoms with Crippen molar-refractivity contribution in [2.75, 3.05) is 22.5 Å². The summed E-state index contributed by atoms with van der Waals surface area (Å²) in [5.74, 6) is 0.295. The number of hydrogen-bond acceptors (Lipinski definition) is 6. The molecule has 3 aromatic rings. The Kier molecular flexibility index (Phi) is 5.63. The highest BCUT2D eigenvalue weighted by atomic mass is 35.5. The van der Waals surface area contributed by atoms with Crippen LogP contribution in [0.5, 0.6) is 0 Å². The average molecular weight is 487 g/mol. The summed E-state index contributed by atoms with van der Waals surface area (Å²) in [5.41, 5.74) is 0.712. The van der Waals surface area contributed by atoms with E-state index in [9.17, 15) is 19.2 Å². The van der Waals surface area contributed by atoms with E-state index >= 15 is 0 Å². The molecule has 2 N–H and O–H groups in total. The minimum atomic E-state index is -0.528. The van der Waals surface area contributed by atoms with Crippen LogP contribution in [0.3, 0.4) is 0 Å². The van der Waals surface area contributed by atoms with Crippen molar-refractivity contribution in [1.82, 2.24) is 9.55 Å². The molecule has 9 nitrogen and oxygen atoms in total. The van der Waals surface area contributed by atoms with Gasteiger partial charge >= 0.3 is 11.8 Å². The number of carbonyl (C=O) groups excluding carboxylic acids is 2. The average Bonchev–Trinajstić information content (AvgIpc) is 3.16. The summed E-state index contributed by atoms with van der Waals surface area (Å²) in [7, 11) is 0. The smallest absolute Gasteiger partial charge is 0.414 e. The van der Waals surface area contributed by atoms with Crippen LogP contribution in [0.4, 0.5) is 16.2 Å². The number of thioether (sulfide) groups is 1. The van der Waals surface area contributed by atoms with Crippen molar-refractivity contribution >= 4 is 57.6 Å². The van der Waals surface area contributed by atoms with Crippen molar-refractivity contribution in [3.63, 3.8) is 0 Å². The third kappa shape index (κ3) is 4.11. The summed E-state index contributed by atoms with van der Waals surface area (Å²) in [5, 5.41) is 3.47. The topological polar surface area (TPSA) is 114 Å². The predicted molar refractivity (Wildman–Crippen MR) is 126 cm³/mol. The van der Waals surface area contributed by atoms with E-state index in [0.29, 0.717) is 52.4 Å². The van der Waals surface area contributed by atoms with Gasteiger partial charge in [-0.05, 0) is 43.2 Å². The summed E-state index contributed by atoms with van der Waals surface area (Å²) in [6.45, 7) is 0.532. The zero-order valence-corrected chi connectivity index (χ0v) is 18.9. The second-order valence-corrected chi connectivity index (χ2v) is 9.25. The number of nitrogens with one attached hydrogen (secondary N) is 2. The Morgan fingerprint density at radius 3 is 2.85 bits per heavy atom. The van der Waals surface area contributed by atoms with E-state index in [1.807, 2.05) is 12.1 Å². The predicted octanol–water partition coefficient (Wildman–Crippen LogP) is 3.19. The maximum absolute atomic E-state index is 12.7. The second kappa shape index (κ2) is 8.60. The molecule has 0 saturated carbocycles. The van der Waals surface area contributed by atoms with Crippen molar-refractivity contribution in [3.8, 4) is 0 Å². The van der Waals surface area contributed by atoms with E-state index in [1.54, 1.807) is 24.3 Å². The number of rotatable bonds is 5. The number of benzene rings is 2. The van der Waals surface area contributed by atoms with Gasteiger partial charge in [0.05, 0.1) is 33.9 Å². The molecule has 1 fully saturated rings. The normalized spacial score (nSPS) is 17.7. The highest BCUT2D eigenvalue weighted by Gasteiger charge is 2.32. The molecule has 2 aliphatic heterocycles. The van der Waals surface area contributed by atoms with Crippen molar-refractivity contribution in [2.45, 2.75) is 30.4 Å². The molecule has 0 unspecified atom stereocenters. The Balaban J connectivity index is 1.26. The third-order valence-electron chi connectivity index (χ3n) is 5.66. The molecule has 2 aliphatic rings. The van der Waals surface area contributed by atoms with E-state index in [2.05, 4.69) is 10.3 Å². The first-order valence-corrected chi connectivity index (χ1v) is 11.7. The molecule has 3 heterocycles. The summed E-state index contributed by atoms with van der Waals surface area (Å²) < 4.78 is 6.62. The zero-order chi connectivity index (χ0) is 23.1. The minimum Gasteiger partial charge on any atom is -0.444 e. The number of aromatic nitrogens is 2. The van der Waals surface area contributed by atoms with E-state index in [4.69, 9.17) is 16.3 Å². The van der Waals surface area contributed by atoms with Crippen molar-refractivity contribution < 1.29 is 14.3 Å². The van der Waals surface area contributed by atoms with Crippen LogP contribution >= 0.6 is 23.4 Å². The molecule has 0 spiro atoms. The van der Waals surface area contributed by atoms with Crippen LogP contribution in [0.1, 0.15) is 12.8 Å². The van der Waals surface area contributed by atoms with Gasteiger partial charge in [-0.2, -0.15) is 0 Å². The fraction of sp³-hybridized carbons (Fsp3) is 0.273. The number of H-pyrrole nitrogens is 1. The highest BCUT2D eigenvalue weighted by Crippen LogP contribution is 2.35. The number of nitrogens with zero attached hydrogens (tertiary/aromatic N) is 2. The quantitative estimate of drug-likeness (QED) is 0.572. The second-order valence-electron chi connectivity index (χ2n) is 7.83. The molecule has 0 radical (unpaired) electrons. The molecule has 0 aliphatic carbocycles. The lowest BCUT2D eigenvalue weighted by molar-refractivity contribution is -0.113. The largest absolute Gasteiger partial charge is 0.444 e. The first kappa shape index (κ1) is 21.6. The lowest BCUT2D eigenvalue weighted by atomic mass is 10.2. The number of hydrogen-bond donors (Lipinski definition) is 2. The molecule has 5 rings (SSSR count). The molecule has 2 aromatic carbocycles. The summed E-state index contributed by atoms with van der Waals surface area (Å²) >= 11 is 7.53. The van der Waals surface area contributed by atoms with Crippen LogP contribution in [0.15, 0.2) is 50.9 Å². The van der Waals surface area contributed by atoms with Gasteiger partial charge in [-0.3, -0.25) is 19.1 Å². The van der Waals surface area contributed by atoms with Gasteiger partial charge in [0, 0.05) is 17.1 Å². The number of amides is 2. The fourth-order valence-corrected chi connectivity index (χ4v) is 5.05. The van der Waals surface area contributed by atoms with Gasteiger partial charge in [-0.15, -0.1) is 11.8 Å². The Morgan fingerprint density at radius 1 is 1.15 bits per heavy atom. The fourth-order valence-electron chi connectivity index (χ4n) is 4.04. The minimum absolute atomic E-state index is 0.0762. The van der Waals surface area contributed by atoms with E-state index in [0.717, 1.165) is 9.46 Å². The van der Waals surface area contributed by atoms with Crippen LogP contribution in [-0.2, 0) is 16.1 Å². The van der Waals surface area contributed by atoms with Gasteiger partial charge in [-0.25, -0.2) is 9.59 Å². The summed E-state index contributed by atoms with van der Waals surface area (Å²) in [6, 6.07) is 10.4. The van der Waals surface area contributed by atoms with Gasteiger partial charge in [0.15, 0.2) is 0 Å². The summed E-state index contributed by atoms with van der Waals surface area (Å²) in [6.07, 6.45) is 0.115. The molecule has 0 bridgehead atoms. The number of carbonyl (C=O) groups is 2. The maximum Gasteiger partial charge on any atom is 0.414 e. The number of fused-ring (bicyclic) bond motifs is 2. The van der Waals surface area contributed by atoms with Crippen LogP contribution in [0, 0.1) is 0 Å². The number of cyclic esters (lactones) is 1. The van der Waals surface area contributed by atoms with E-state index in [1.165, 1.54) is 16.7 Å². The van der Waals surface area contributed by atoms with Crippen LogP contribution in [-0.4, -0.2) is 40.0 Å². The van der Waals surface area contributed by atoms with Crippen molar-refractivity contribution in [3.05, 3.63) is 62.3 Å². The Bertz CT molecular complexity index is 1400. The van der Waals surface area contributed by atoms with E-state index in [-0.39, 0.29) is 18.6 Å². The van der Waals surface area contributed by atoms with Crippen LogP contribution < -0.4 is 21.5 Å². The Morgan fingerprint density at radius 2 is 2.00 bits per heavy atom. The highest BCUT2D eigenvalue weighted by molar-refractivity contribution is 8.00. The van der Waals surface area contributed by atoms with Gasteiger partial charge in [-0.1, -0.05) is 17.7 Å². The molecule has 1 aromatic heterocycles. The van der Waals surface area contributed by atoms with Gasteiger partial charge in [0.2, 0.25) is 5.91 Å². The molecule has 11 heteroatoms. The standard InChI is InChI=1S/C22H19ClN4O5S/c23-15-5-1-4-14-19(15)25-21(30)26(20(14)29)8-2-3-13-10-27(22(31)32-13)12-6-7-17-16(9-12)24-18(28)11-33-17/h1,4-7,9,13H,2-3,8,10-11H2,(H,24,28)(H,25,30)/t13-/m0/s1. The first-order chi connectivity index (χ1) is 15.9. The molecule has 1 saturated heterocycles. The van der Waals surface area contributed by atoms with Gasteiger partial charge in [0.25, 0.3) is 5.56 Å². The van der Waals surface area contributed by atoms with Crippen LogP contribution in [0.2, 0.25) is 5.02 Å². The number of halogens is 1. The van der Waals surface area contributed by atoms with Gasteiger partial charge < -0.3 is 15.0 Å². The van der Waals surface area contributed by atoms with E-state index < -0.39 is 17.3 Å². The van der Waals surface area contributed by atoms with Gasteiger partial charge in [0.1, 0.15) is 6.10 Å². The molecule has 1 atom stereocenters. The Hall–Kier alpha value is -3.24. The maximum atomic E-state index is 12.7. The number of anilines is 2. The molecular formula is C22H19ClN4O5S. The number of ether oxygens (including phenoxy) is 1. The molecule has 170 valence electrons. The first-order valence-electron chi connectivity index (χ1n) is 10.4. The van der Waals surface area contributed by atoms with Crippen molar-refractivity contribution in [2.24, 2.45) is 0 Å².